The van der Waals surface area contributed by atoms with Crippen LogP contribution >= 0.6 is 23.2 Å². The first-order valence-electron chi connectivity index (χ1n) is 8.39. The second-order valence-electron chi connectivity index (χ2n) is 6.06. The summed E-state index contributed by atoms with van der Waals surface area (Å²) in [6.45, 7) is 1.61. The smallest absolute Gasteiger partial charge is 0.292 e. The molecule has 26 heavy (non-hydrogen) atoms. The van der Waals surface area contributed by atoms with E-state index >= 15 is 0 Å². The topological polar surface area (TPSA) is 48.0 Å². The fourth-order valence-electron chi connectivity index (χ4n) is 3.26. The normalized spacial score (nSPS) is 18.2. The molecule has 1 amide bonds. The summed E-state index contributed by atoms with van der Waals surface area (Å²) in [6.07, 6.45) is 0.773. The van der Waals surface area contributed by atoms with E-state index in [-0.39, 0.29) is 12.5 Å². The number of carbonyl (C=O) groups excluding carboxylic acids is 1. The maximum absolute atomic E-state index is 13.1. The number of rotatable bonds is 4. The summed E-state index contributed by atoms with van der Waals surface area (Å²) in [6, 6.07) is 12.6. The number of amides is 1. The second kappa shape index (κ2) is 7.08. The molecule has 2 aromatic rings. The summed E-state index contributed by atoms with van der Waals surface area (Å²) in [4.78, 5) is 14.7. The Labute approximate surface area is 161 Å². The lowest BCUT2D eigenvalue weighted by atomic mass is 10.1. The molecule has 1 spiro atoms. The molecule has 136 valence electrons. The van der Waals surface area contributed by atoms with Crippen LogP contribution in [0.4, 0.5) is 5.69 Å². The second-order valence-corrected chi connectivity index (χ2v) is 6.91. The highest BCUT2D eigenvalue weighted by Gasteiger charge is 2.54. The molecule has 4 rings (SSSR count). The monoisotopic (exact) mass is 393 g/mol. The van der Waals surface area contributed by atoms with Crippen LogP contribution < -0.4 is 9.64 Å². The molecule has 0 atom stereocenters. The summed E-state index contributed by atoms with van der Waals surface area (Å²) >= 11 is 12.0. The third-order valence-electron chi connectivity index (χ3n) is 4.44. The van der Waals surface area contributed by atoms with Crippen molar-refractivity contribution in [3.63, 3.8) is 0 Å². The first kappa shape index (κ1) is 17.6. The summed E-state index contributed by atoms with van der Waals surface area (Å²) in [5.74, 6) is -1.02. The van der Waals surface area contributed by atoms with Gasteiger partial charge in [0.15, 0.2) is 0 Å². The average molecular weight is 394 g/mol. The highest BCUT2D eigenvalue weighted by molar-refractivity contribution is 6.35. The van der Waals surface area contributed by atoms with Crippen molar-refractivity contribution in [3.8, 4) is 5.75 Å². The van der Waals surface area contributed by atoms with Gasteiger partial charge in [-0.1, -0.05) is 41.4 Å². The molecule has 5 nitrogen and oxygen atoms in total. The van der Waals surface area contributed by atoms with E-state index in [9.17, 15) is 4.79 Å². The van der Waals surface area contributed by atoms with Crippen LogP contribution in [-0.2, 0) is 20.1 Å². The third-order valence-corrected chi connectivity index (χ3v) is 4.97. The van der Waals surface area contributed by atoms with E-state index in [4.69, 9.17) is 37.4 Å². The highest BCUT2D eigenvalue weighted by atomic mass is 35.5. The average Bonchev–Trinajstić information content (AvgIpc) is 2.87. The van der Waals surface area contributed by atoms with Crippen molar-refractivity contribution in [1.82, 2.24) is 0 Å². The number of fused-ring (bicyclic) bond motifs is 2. The van der Waals surface area contributed by atoms with E-state index in [1.165, 1.54) is 0 Å². The molecule has 2 aromatic carbocycles. The fraction of sp³-hybridized carbons (Fsp3) is 0.316. The van der Waals surface area contributed by atoms with Crippen molar-refractivity contribution in [2.45, 2.75) is 12.2 Å². The van der Waals surface area contributed by atoms with E-state index in [0.717, 1.165) is 17.7 Å². The predicted molar refractivity (Wildman–Crippen MR) is 99.0 cm³/mol. The molecule has 2 aliphatic rings. The van der Waals surface area contributed by atoms with Gasteiger partial charge in [-0.2, -0.15) is 0 Å². The lowest BCUT2D eigenvalue weighted by molar-refractivity contribution is -0.256. The number of ether oxygens (including phenoxy) is 3. The Hall–Kier alpha value is -1.79. The van der Waals surface area contributed by atoms with Gasteiger partial charge in [-0.15, -0.1) is 0 Å². The third kappa shape index (κ3) is 2.95. The summed E-state index contributed by atoms with van der Waals surface area (Å²) < 4.78 is 17.3. The minimum absolute atomic E-state index is 0.218. The largest absolute Gasteiger partial charge is 0.490 e. The number of halogens is 2. The molecular weight excluding hydrogens is 377 g/mol. The maximum Gasteiger partial charge on any atom is 0.292 e. The molecule has 1 fully saturated rings. The highest BCUT2D eigenvalue weighted by Crippen LogP contribution is 2.44. The van der Waals surface area contributed by atoms with E-state index in [1.54, 1.807) is 23.1 Å². The number of benzene rings is 2. The van der Waals surface area contributed by atoms with Gasteiger partial charge in [0.05, 0.1) is 30.5 Å². The minimum atomic E-state index is -1.33. The SMILES string of the molecule is O=C1N(CCOc2ccc(Cl)cc2Cl)c2ccccc2C12OCCCO2. The van der Waals surface area contributed by atoms with Crippen molar-refractivity contribution in [2.24, 2.45) is 0 Å². The molecule has 0 radical (unpaired) electrons. The summed E-state index contributed by atoms with van der Waals surface area (Å²) in [5, 5.41) is 0.973. The van der Waals surface area contributed by atoms with Crippen LogP contribution in [0.2, 0.25) is 10.0 Å². The molecule has 0 saturated carbocycles. The number of nitrogens with zero attached hydrogens (tertiary/aromatic N) is 1. The van der Waals surface area contributed by atoms with Gasteiger partial charge in [0.1, 0.15) is 12.4 Å². The van der Waals surface area contributed by atoms with Crippen molar-refractivity contribution in [2.75, 3.05) is 31.3 Å². The van der Waals surface area contributed by atoms with Crippen molar-refractivity contribution in [1.29, 1.82) is 0 Å². The van der Waals surface area contributed by atoms with Crippen LogP contribution in [-0.4, -0.2) is 32.3 Å². The predicted octanol–water partition coefficient (Wildman–Crippen LogP) is 4.01. The van der Waals surface area contributed by atoms with Gasteiger partial charge in [0.25, 0.3) is 11.7 Å². The Balaban J connectivity index is 1.52. The summed E-state index contributed by atoms with van der Waals surface area (Å²) in [7, 11) is 0. The van der Waals surface area contributed by atoms with Crippen LogP contribution in [0.15, 0.2) is 42.5 Å². The molecular formula is C19H17Cl2NO4. The molecule has 2 heterocycles. The Morgan fingerprint density at radius 3 is 2.65 bits per heavy atom. The first-order valence-corrected chi connectivity index (χ1v) is 9.15. The Morgan fingerprint density at radius 2 is 1.88 bits per heavy atom. The zero-order valence-electron chi connectivity index (χ0n) is 13.9. The van der Waals surface area contributed by atoms with E-state index in [2.05, 4.69) is 0 Å². The van der Waals surface area contributed by atoms with Crippen LogP contribution in [0.1, 0.15) is 12.0 Å². The lowest BCUT2D eigenvalue weighted by Gasteiger charge is -2.32. The lowest BCUT2D eigenvalue weighted by Crippen LogP contribution is -2.48. The van der Waals surface area contributed by atoms with Gasteiger partial charge in [0.2, 0.25) is 0 Å². The van der Waals surface area contributed by atoms with Crippen LogP contribution in [0.25, 0.3) is 0 Å². The summed E-state index contributed by atoms with van der Waals surface area (Å²) in [5.41, 5.74) is 1.53. The molecule has 2 aliphatic heterocycles. The number of para-hydroxylation sites is 1. The van der Waals surface area contributed by atoms with Crippen molar-refractivity contribution < 1.29 is 19.0 Å². The zero-order chi connectivity index (χ0) is 18.1. The number of hydrogen-bond donors (Lipinski definition) is 0. The molecule has 0 aromatic heterocycles. The van der Waals surface area contributed by atoms with Crippen LogP contribution in [0.3, 0.4) is 0 Å². The van der Waals surface area contributed by atoms with Gasteiger partial charge in [-0.25, -0.2) is 0 Å². The molecule has 7 heteroatoms. The number of anilines is 1. The zero-order valence-corrected chi connectivity index (χ0v) is 15.4. The number of hydrogen-bond acceptors (Lipinski definition) is 4. The van der Waals surface area contributed by atoms with Crippen molar-refractivity contribution in [3.05, 3.63) is 58.1 Å². The Kier molecular flexibility index (Phi) is 4.80. The molecule has 0 bridgehead atoms. The molecule has 0 aliphatic carbocycles. The molecule has 0 N–H and O–H groups in total. The van der Waals surface area contributed by atoms with Crippen LogP contribution in [0, 0.1) is 0 Å². The minimum Gasteiger partial charge on any atom is -0.490 e. The molecule has 1 saturated heterocycles. The van der Waals surface area contributed by atoms with Gasteiger partial charge >= 0.3 is 0 Å². The van der Waals surface area contributed by atoms with Crippen LogP contribution in [0.5, 0.6) is 5.75 Å². The van der Waals surface area contributed by atoms with E-state index in [1.807, 2.05) is 24.3 Å². The van der Waals surface area contributed by atoms with E-state index in [0.29, 0.717) is 35.6 Å². The fourth-order valence-corrected chi connectivity index (χ4v) is 3.73. The Morgan fingerprint density at radius 1 is 1.12 bits per heavy atom. The standard InChI is InChI=1S/C19H17Cl2NO4/c20-13-6-7-17(15(21)12-13)24-11-8-22-16-5-2-1-4-14(16)19(18(22)23)25-9-3-10-26-19/h1-2,4-7,12H,3,8-11H2. The quantitative estimate of drug-likeness (QED) is 0.787. The number of carbonyl (C=O) groups is 1. The Bertz CT molecular complexity index is 836. The van der Waals surface area contributed by atoms with Gasteiger partial charge in [0, 0.05) is 10.6 Å². The van der Waals surface area contributed by atoms with Crippen molar-refractivity contribution >= 4 is 34.8 Å². The molecule has 0 unspecified atom stereocenters. The van der Waals surface area contributed by atoms with Gasteiger partial charge in [-0.3, -0.25) is 4.79 Å². The first-order chi connectivity index (χ1) is 12.6. The van der Waals surface area contributed by atoms with Gasteiger partial charge in [-0.05, 0) is 30.7 Å². The van der Waals surface area contributed by atoms with Gasteiger partial charge < -0.3 is 19.1 Å². The maximum atomic E-state index is 13.1. The van der Waals surface area contributed by atoms with E-state index < -0.39 is 5.79 Å².